The number of hydrogen-bond donors (Lipinski definition) is 1. The van der Waals surface area contributed by atoms with Crippen LogP contribution in [0.4, 0.5) is 11.6 Å². The number of fused-ring (bicyclic) bond motifs is 1. The van der Waals surface area contributed by atoms with Crippen LogP contribution in [0.15, 0.2) is 18.2 Å². The van der Waals surface area contributed by atoms with Crippen molar-refractivity contribution in [2.24, 2.45) is 0 Å². The zero-order valence-corrected chi connectivity index (χ0v) is 19.4. The summed E-state index contributed by atoms with van der Waals surface area (Å²) in [5.74, 6) is 2.84. The van der Waals surface area contributed by atoms with Crippen LogP contribution in [0.2, 0.25) is 0 Å². The van der Waals surface area contributed by atoms with Crippen LogP contribution in [0.25, 0.3) is 16.9 Å². The van der Waals surface area contributed by atoms with Gasteiger partial charge in [-0.25, -0.2) is 4.98 Å². The van der Waals surface area contributed by atoms with Crippen molar-refractivity contribution in [3.8, 4) is 22.8 Å². The van der Waals surface area contributed by atoms with E-state index in [1.165, 1.54) is 0 Å². The lowest BCUT2D eigenvalue weighted by Gasteiger charge is -2.26. The minimum atomic E-state index is 0.510. The lowest BCUT2D eigenvalue weighted by molar-refractivity contribution is 0.205. The lowest BCUT2D eigenvalue weighted by atomic mass is 10.0. The summed E-state index contributed by atoms with van der Waals surface area (Å²) in [5.41, 5.74) is 10.8. The maximum absolute atomic E-state index is 6.29. The molecule has 0 aliphatic carbocycles. The number of nitrogen functional groups attached to an aromatic ring is 1. The van der Waals surface area contributed by atoms with Gasteiger partial charge in [0.2, 0.25) is 0 Å². The Morgan fingerprint density at radius 2 is 1.74 bits per heavy atom. The Morgan fingerprint density at radius 1 is 1.03 bits per heavy atom. The smallest absolute Gasteiger partial charge is 0.161 e. The Bertz CT molecular complexity index is 1050. The third-order valence-corrected chi connectivity index (χ3v) is 5.47. The minimum Gasteiger partial charge on any atom is -0.493 e. The summed E-state index contributed by atoms with van der Waals surface area (Å²) in [6.07, 6.45) is 1.83. The maximum atomic E-state index is 6.29. The summed E-state index contributed by atoms with van der Waals surface area (Å²) in [7, 11) is 4.99. The number of ether oxygens (including phenoxy) is 3. The van der Waals surface area contributed by atoms with E-state index in [2.05, 4.69) is 23.7 Å². The zero-order valence-electron chi connectivity index (χ0n) is 19.4. The van der Waals surface area contributed by atoms with Crippen molar-refractivity contribution < 1.29 is 14.2 Å². The Kier molecular flexibility index (Phi) is 7.22. The van der Waals surface area contributed by atoms with Gasteiger partial charge >= 0.3 is 0 Å². The summed E-state index contributed by atoms with van der Waals surface area (Å²) in [4.78, 5) is 6.86. The van der Waals surface area contributed by atoms with E-state index >= 15 is 0 Å². The third kappa shape index (κ3) is 4.39. The first-order valence-corrected chi connectivity index (χ1v) is 10.6. The third-order valence-electron chi connectivity index (χ3n) is 5.47. The van der Waals surface area contributed by atoms with Crippen LogP contribution < -0.4 is 20.1 Å². The molecular weight excluding hydrogens is 394 g/mol. The van der Waals surface area contributed by atoms with Crippen LogP contribution in [0.1, 0.15) is 31.4 Å². The van der Waals surface area contributed by atoms with E-state index in [0.29, 0.717) is 29.6 Å². The standard InChI is InChI=1S/C23H33N5O3/c1-7-9-27(10-11-29-4)23-15(3)22(24)25-21-14-18(26-28(21)23)17-13-20(31-6)19(30-5)12-16(17)8-2/h12-14H,7-11H2,1-6H3,(H2,24,25). The molecular formula is C23H33N5O3. The van der Waals surface area contributed by atoms with E-state index in [9.17, 15) is 0 Å². The molecule has 2 aromatic heterocycles. The van der Waals surface area contributed by atoms with Crippen molar-refractivity contribution in [3.05, 3.63) is 29.3 Å². The van der Waals surface area contributed by atoms with Gasteiger partial charge in [-0.15, -0.1) is 0 Å². The van der Waals surface area contributed by atoms with Crippen molar-refractivity contribution in [3.63, 3.8) is 0 Å². The van der Waals surface area contributed by atoms with Crippen molar-refractivity contribution in [2.45, 2.75) is 33.6 Å². The molecule has 1 aromatic carbocycles. The predicted molar refractivity (Wildman–Crippen MR) is 124 cm³/mol. The van der Waals surface area contributed by atoms with Gasteiger partial charge in [0, 0.05) is 37.4 Å². The van der Waals surface area contributed by atoms with Crippen molar-refractivity contribution >= 4 is 17.3 Å². The second kappa shape index (κ2) is 9.87. The highest BCUT2D eigenvalue weighted by Gasteiger charge is 2.20. The van der Waals surface area contributed by atoms with Gasteiger partial charge in [0.05, 0.1) is 26.5 Å². The Morgan fingerprint density at radius 3 is 2.35 bits per heavy atom. The average molecular weight is 428 g/mol. The summed E-state index contributed by atoms with van der Waals surface area (Å²) < 4.78 is 18.2. The van der Waals surface area contributed by atoms with E-state index < -0.39 is 0 Å². The topological polar surface area (TPSA) is 87.1 Å². The molecule has 0 aliphatic rings. The first-order chi connectivity index (χ1) is 15.0. The molecule has 0 bridgehead atoms. The molecule has 2 heterocycles. The fourth-order valence-electron chi connectivity index (χ4n) is 3.84. The average Bonchev–Trinajstić information content (AvgIpc) is 3.19. The Balaban J connectivity index is 2.22. The molecule has 0 radical (unpaired) electrons. The fourth-order valence-corrected chi connectivity index (χ4v) is 3.84. The van der Waals surface area contributed by atoms with E-state index in [-0.39, 0.29) is 0 Å². The maximum Gasteiger partial charge on any atom is 0.161 e. The number of aromatic nitrogens is 3. The van der Waals surface area contributed by atoms with Crippen LogP contribution in [0.5, 0.6) is 11.5 Å². The number of rotatable bonds is 10. The van der Waals surface area contributed by atoms with E-state index in [0.717, 1.165) is 54.1 Å². The number of anilines is 2. The molecule has 0 amide bonds. The molecule has 31 heavy (non-hydrogen) atoms. The Labute approximate surface area is 183 Å². The van der Waals surface area contributed by atoms with Crippen LogP contribution in [-0.2, 0) is 11.2 Å². The predicted octanol–water partition coefficient (Wildman–Crippen LogP) is 3.73. The number of nitrogens with zero attached hydrogens (tertiary/aromatic N) is 4. The monoisotopic (exact) mass is 427 g/mol. The molecule has 0 unspecified atom stereocenters. The van der Waals surface area contributed by atoms with E-state index in [4.69, 9.17) is 25.0 Å². The number of nitrogens with two attached hydrogens (primary N) is 1. The summed E-state index contributed by atoms with van der Waals surface area (Å²) in [6, 6.07) is 5.96. The molecule has 0 fully saturated rings. The highest BCUT2D eigenvalue weighted by Crippen LogP contribution is 2.36. The van der Waals surface area contributed by atoms with E-state index in [1.807, 2.05) is 29.6 Å². The Hall–Kier alpha value is -3.00. The first-order valence-electron chi connectivity index (χ1n) is 10.6. The van der Waals surface area contributed by atoms with Gasteiger partial charge in [-0.1, -0.05) is 13.8 Å². The van der Waals surface area contributed by atoms with E-state index in [1.54, 1.807) is 21.3 Å². The zero-order chi connectivity index (χ0) is 22.5. The van der Waals surface area contributed by atoms with Crippen LogP contribution in [0, 0.1) is 6.92 Å². The molecule has 8 nitrogen and oxygen atoms in total. The van der Waals surface area contributed by atoms with Gasteiger partial charge in [0.25, 0.3) is 0 Å². The molecule has 168 valence electrons. The van der Waals surface area contributed by atoms with Crippen LogP contribution in [-0.4, -0.2) is 55.6 Å². The molecule has 3 rings (SSSR count). The van der Waals surface area contributed by atoms with Gasteiger partial charge in [-0.2, -0.15) is 9.61 Å². The fraction of sp³-hybridized carbons (Fsp3) is 0.478. The molecule has 3 aromatic rings. The quantitative estimate of drug-likeness (QED) is 0.527. The molecule has 0 saturated heterocycles. The largest absolute Gasteiger partial charge is 0.493 e. The van der Waals surface area contributed by atoms with Gasteiger partial charge in [0.1, 0.15) is 11.6 Å². The number of aryl methyl sites for hydroxylation is 1. The first kappa shape index (κ1) is 22.7. The number of methoxy groups -OCH3 is 3. The van der Waals surface area contributed by atoms with Gasteiger partial charge in [0.15, 0.2) is 17.1 Å². The summed E-state index contributed by atoms with van der Waals surface area (Å²) >= 11 is 0. The molecule has 8 heteroatoms. The summed E-state index contributed by atoms with van der Waals surface area (Å²) in [6.45, 7) is 8.49. The summed E-state index contributed by atoms with van der Waals surface area (Å²) in [5, 5.41) is 4.96. The van der Waals surface area contributed by atoms with Gasteiger partial charge < -0.3 is 24.8 Å². The van der Waals surface area contributed by atoms with Crippen LogP contribution in [0.3, 0.4) is 0 Å². The van der Waals surface area contributed by atoms with Gasteiger partial charge in [-0.3, -0.25) is 0 Å². The molecule has 0 saturated carbocycles. The normalized spacial score (nSPS) is 11.2. The minimum absolute atomic E-state index is 0.510. The van der Waals surface area contributed by atoms with Crippen LogP contribution >= 0.6 is 0 Å². The SMILES string of the molecule is CCCN(CCOC)c1c(C)c(N)nc2cc(-c3cc(OC)c(OC)cc3CC)nn12. The highest BCUT2D eigenvalue weighted by molar-refractivity contribution is 5.73. The number of benzene rings is 1. The second-order valence-corrected chi connectivity index (χ2v) is 7.44. The van der Waals surface area contributed by atoms with Crippen molar-refractivity contribution in [1.82, 2.24) is 14.6 Å². The van der Waals surface area contributed by atoms with Crippen molar-refractivity contribution in [1.29, 1.82) is 0 Å². The molecule has 2 N–H and O–H groups in total. The molecule has 0 spiro atoms. The number of hydrogen-bond acceptors (Lipinski definition) is 7. The molecule has 0 atom stereocenters. The lowest BCUT2D eigenvalue weighted by Crippen LogP contribution is -2.31. The van der Waals surface area contributed by atoms with Crippen molar-refractivity contribution in [2.75, 3.05) is 51.7 Å². The second-order valence-electron chi connectivity index (χ2n) is 7.44. The highest BCUT2D eigenvalue weighted by atomic mass is 16.5. The van der Waals surface area contributed by atoms with Gasteiger partial charge in [-0.05, 0) is 37.5 Å². The molecule has 0 aliphatic heterocycles.